The topological polar surface area (TPSA) is 26.3 Å². The molecule has 1 rings (SSSR count). The molecular weight excluding hydrogens is 128 g/mol. The molecule has 0 saturated carbocycles. The van der Waals surface area contributed by atoms with Gasteiger partial charge in [0.05, 0.1) is 0 Å². The van der Waals surface area contributed by atoms with Gasteiger partial charge in [0.25, 0.3) is 0 Å². The minimum Gasteiger partial charge on any atom is -0.501 e. The Balaban J connectivity index is 2.76. The highest BCUT2D eigenvalue weighted by Gasteiger charge is 2.22. The van der Waals surface area contributed by atoms with Gasteiger partial charge in [-0.1, -0.05) is 6.58 Å². The smallest absolute Gasteiger partial charge is 0.202 e. The summed E-state index contributed by atoms with van der Waals surface area (Å²) >= 11 is 0. The zero-order valence-corrected chi connectivity index (χ0v) is 6.59. The molecule has 0 fully saturated rings. The van der Waals surface area contributed by atoms with Gasteiger partial charge in [-0.05, 0) is 20.8 Å². The fourth-order valence-corrected chi connectivity index (χ4v) is 0.596. The van der Waals surface area contributed by atoms with E-state index >= 15 is 0 Å². The maximum absolute atomic E-state index is 4.79. The standard InChI is InChI=1S/C7H12N2O/c1-6-5-9(8-10-6)7(2,3)4/h5H,1H2,2-4H3. The quantitative estimate of drug-likeness (QED) is 0.469. The van der Waals surface area contributed by atoms with Crippen LogP contribution in [0.5, 0.6) is 0 Å². The molecule has 0 atom stereocenters. The van der Waals surface area contributed by atoms with Gasteiger partial charge in [-0.3, -0.25) is 5.59 Å². The second-order valence-electron chi connectivity index (χ2n) is 3.28. The second-order valence-corrected chi connectivity index (χ2v) is 3.28. The van der Waals surface area contributed by atoms with Crippen LogP contribution < -0.4 is 0 Å². The van der Waals surface area contributed by atoms with Crippen LogP contribution in [-0.4, -0.2) is 16.4 Å². The Kier molecular flexibility index (Phi) is 1.43. The first-order chi connectivity index (χ1) is 4.50. The van der Waals surface area contributed by atoms with Crippen molar-refractivity contribution in [2.45, 2.75) is 26.3 Å². The minimum absolute atomic E-state index is 0.0144. The Morgan fingerprint density at radius 3 is 2.40 bits per heavy atom. The molecule has 3 heteroatoms. The van der Waals surface area contributed by atoms with Crippen LogP contribution in [0.3, 0.4) is 0 Å². The molecule has 1 heterocycles. The molecule has 1 aliphatic heterocycles. The van der Waals surface area contributed by atoms with Gasteiger partial charge < -0.3 is 4.84 Å². The molecule has 3 nitrogen and oxygen atoms in total. The van der Waals surface area contributed by atoms with E-state index in [-0.39, 0.29) is 5.54 Å². The van der Waals surface area contributed by atoms with Crippen molar-refractivity contribution in [2.75, 3.05) is 0 Å². The number of rotatable bonds is 0. The monoisotopic (exact) mass is 140 g/mol. The van der Waals surface area contributed by atoms with Crippen LogP contribution in [0, 0.1) is 0 Å². The molecule has 56 valence electrons. The van der Waals surface area contributed by atoms with Crippen LogP contribution in [0.15, 0.2) is 12.3 Å². The van der Waals surface area contributed by atoms with Crippen LogP contribution >= 0.6 is 0 Å². The summed E-state index contributed by atoms with van der Waals surface area (Å²) in [6, 6.07) is 0. The molecule has 0 amide bonds. The first-order valence-corrected chi connectivity index (χ1v) is 3.21. The van der Waals surface area contributed by atoms with E-state index in [4.69, 9.17) is 4.84 Å². The van der Waals surface area contributed by atoms with Gasteiger partial charge in [-0.2, -0.15) is 0 Å². The molecule has 0 aliphatic carbocycles. The lowest BCUT2D eigenvalue weighted by Gasteiger charge is -2.20. The lowest BCUT2D eigenvalue weighted by atomic mass is 10.1. The molecule has 0 saturated heterocycles. The molecule has 0 radical (unpaired) electrons. The number of nitrogens with zero attached hydrogens (tertiary/aromatic N) is 2. The molecule has 0 N–H and O–H groups in total. The van der Waals surface area contributed by atoms with Crippen LogP contribution in [0.2, 0.25) is 0 Å². The maximum atomic E-state index is 4.79. The van der Waals surface area contributed by atoms with Crippen molar-refractivity contribution in [3.63, 3.8) is 0 Å². The first kappa shape index (κ1) is 7.12. The van der Waals surface area contributed by atoms with Gasteiger partial charge in [0, 0.05) is 0 Å². The van der Waals surface area contributed by atoms with E-state index < -0.39 is 0 Å². The van der Waals surface area contributed by atoms with E-state index in [0.29, 0.717) is 5.76 Å². The van der Waals surface area contributed by atoms with Gasteiger partial charge in [0.2, 0.25) is 6.21 Å². The van der Waals surface area contributed by atoms with Crippen molar-refractivity contribution in [1.29, 1.82) is 0 Å². The zero-order valence-electron chi connectivity index (χ0n) is 6.59. The van der Waals surface area contributed by atoms with Crippen LogP contribution in [-0.2, 0) is 4.84 Å². The summed E-state index contributed by atoms with van der Waals surface area (Å²) in [4.78, 5) is 4.79. The largest absolute Gasteiger partial charge is 0.501 e. The summed E-state index contributed by atoms with van der Waals surface area (Å²) in [6.45, 7) is 9.76. The summed E-state index contributed by atoms with van der Waals surface area (Å²) in [5.41, 5.74) is 3.75. The zero-order chi connectivity index (χ0) is 7.78. The fourth-order valence-electron chi connectivity index (χ4n) is 0.596. The molecule has 0 aromatic heterocycles. The second kappa shape index (κ2) is 2.01. The molecule has 0 bridgehead atoms. The first-order valence-electron chi connectivity index (χ1n) is 3.21. The molecule has 0 aromatic rings. The Labute approximate surface area is 60.9 Å². The van der Waals surface area contributed by atoms with Crippen molar-refractivity contribution in [3.05, 3.63) is 17.9 Å². The predicted molar refractivity (Wildman–Crippen MR) is 39.7 cm³/mol. The van der Waals surface area contributed by atoms with Crippen molar-refractivity contribution in [3.8, 4) is 0 Å². The Hall–Kier alpha value is -0.990. The summed E-state index contributed by atoms with van der Waals surface area (Å²) in [5.74, 6) is 0.593. The van der Waals surface area contributed by atoms with E-state index in [1.807, 2.05) is 0 Å². The van der Waals surface area contributed by atoms with Gasteiger partial charge in [0.15, 0.2) is 11.3 Å². The molecule has 10 heavy (non-hydrogen) atoms. The van der Waals surface area contributed by atoms with Crippen LogP contribution in [0.4, 0.5) is 0 Å². The Bertz CT molecular complexity index is 188. The van der Waals surface area contributed by atoms with E-state index in [9.17, 15) is 0 Å². The third-order valence-corrected chi connectivity index (χ3v) is 1.20. The van der Waals surface area contributed by atoms with Crippen molar-refractivity contribution in [2.24, 2.45) is 0 Å². The molecular formula is C7H12N2O. The summed E-state index contributed by atoms with van der Waals surface area (Å²) in [6.07, 6.45) is 1.78. The number of hydrogen-bond acceptors (Lipinski definition) is 1. The van der Waals surface area contributed by atoms with Crippen LogP contribution in [0.25, 0.3) is 5.59 Å². The SMILES string of the molecule is C=C1C=[N+](C(C)(C)C)[N-]O1. The summed E-state index contributed by atoms with van der Waals surface area (Å²) in [5, 5.41) is 0. The predicted octanol–water partition coefficient (Wildman–Crippen LogP) is 1.62. The van der Waals surface area contributed by atoms with Gasteiger partial charge in [-0.15, -0.1) is 0 Å². The normalized spacial score (nSPS) is 17.9. The van der Waals surface area contributed by atoms with Gasteiger partial charge in [0.1, 0.15) is 0 Å². The van der Waals surface area contributed by atoms with E-state index in [2.05, 4.69) is 32.9 Å². The average molecular weight is 140 g/mol. The molecule has 1 aliphatic rings. The van der Waals surface area contributed by atoms with Gasteiger partial charge >= 0.3 is 0 Å². The fraction of sp³-hybridized carbons (Fsp3) is 0.571. The minimum atomic E-state index is -0.0144. The highest BCUT2D eigenvalue weighted by atomic mass is 16.7. The van der Waals surface area contributed by atoms with Crippen LogP contribution in [0.1, 0.15) is 20.8 Å². The lowest BCUT2D eigenvalue weighted by Crippen LogP contribution is -2.28. The van der Waals surface area contributed by atoms with Crippen molar-refractivity contribution >= 4 is 6.21 Å². The molecule has 0 unspecified atom stereocenters. The van der Waals surface area contributed by atoms with E-state index in [1.54, 1.807) is 10.9 Å². The maximum Gasteiger partial charge on any atom is 0.202 e. The highest BCUT2D eigenvalue weighted by molar-refractivity contribution is 5.72. The third kappa shape index (κ3) is 1.29. The number of allylic oxidation sites excluding steroid dienone is 1. The molecule has 0 aromatic carbocycles. The van der Waals surface area contributed by atoms with Crippen molar-refractivity contribution in [1.82, 2.24) is 0 Å². The molecule has 0 spiro atoms. The summed E-state index contributed by atoms with van der Waals surface area (Å²) in [7, 11) is 0. The third-order valence-electron chi connectivity index (χ3n) is 1.20. The van der Waals surface area contributed by atoms with E-state index in [0.717, 1.165) is 0 Å². The average Bonchev–Trinajstić information content (AvgIpc) is 2.11. The Morgan fingerprint density at radius 2 is 2.20 bits per heavy atom. The highest BCUT2D eigenvalue weighted by Crippen LogP contribution is 2.17. The Morgan fingerprint density at radius 1 is 1.60 bits per heavy atom. The van der Waals surface area contributed by atoms with Gasteiger partial charge in [-0.25, -0.2) is 4.68 Å². The van der Waals surface area contributed by atoms with Crippen molar-refractivity contribution < 1.29 is 9.52 Å². The summed E-state index contributed by atoms with van der Waals surface area (Å²) < 4.78 is 1.75. The lowest BCUT2D eigenvalue weighted by molar-refractivity contribution is -0.563. The van der Waals surface area contributed by atoms with E-state index in [1.165, 1.54) is 0 Å². The number of hydrogen-bond donors (Lipinski definition) is 0.